The highest BCUT2D eigenvalue weighted by molar-refractivity contribution is 4.74. The molecule has 0 aliphatic heterocycles. The van der Waals surface area contributed by atoms with Crippen LogP contribution in [-0.2, 0) is 4.74 Å². The van der Waals surface area contributed by atoms with Crippen LogP contribution >= 0.6 is 0 Å². The van der Waals surface area contributed by atoms with Gasteiger partial charge in [-0.1, -0.05) is 0 Å². The van der Waals surface area contributed by atoms with Gasteiger partial charge >= 0.3 is 6.18 Å². The highest BCUT2D eigenvalue weighted by Gasteiger charge is 2.27. The van der Waals surface area contributed by atoms with Crippen molar-refractivity contribution in [1.29, 1.82) is 0 Å². The van der Waals surface area contributed by atoms with Crippen molar-refractivity contribution < 1.29 is 17.9 Å². The van der Waals surface area contributed by atoms with E-state index in [4.69, 9.17) is 10.5 Å². The average Bonchev–Trinajstić information content (AvgIpc) is 2.06. The number of ether oxygens (including phenoxy) is 1. The van der Waals surface area contributed by atoms with Gasteiger partial charge in [0.05, 0.1) is 19.1 Å². The Morgan fingerprint density at radius 1 is 1.14 bits per heavy atom. The van der Waals surface area contributed by atoms with Crippen LogP contribution in [0.3, 0.4) is 0 Å². The van der Waals surface area contributed by atoms with E-state index in [2.05, 4.69) is 0 Å². The number of nitrogens with two attached hydrogens (primary N) is 1. The van der Waals surface area contributed by atoms with Gasteiger partial charge in [0, 0.05) is 6.04 Å². The van der Waals surface area contributed by atoms with Crippen LogP contribution in [-0.4, -0.2) is 24.9 Å². The third-order valence-corrected chi connectivity index (χ3v) is 2.46. The van der Waals surface area contributed by atoms with Crippen LogP contribution in [0, 0.1) is 0 Å². The lowest BCUT2D eigenvalue weighted by molar-refractivity contribution is -0.150. The van der Waals surface area contributed by atoms with E-state index in [1.54, 1.807) is 0 Å². The minimum Gasteiger partial charge on any atom is -0.378 e. The Kier molecular flexibility index (Phi) is 4.19. The maximum atomic E-state index is 11.8. The minimum atomic E-state index is -4.11. The Hall–Kier alpha value is -0.290. The van der Waals surface area contributed by atoms with Crippen LogP contribution in [0.2, 0.25) is 0 Å². The number of rotatable bonds is 3. The molecule has 1 rings (SSSR count). The summed E-state index contributed by atoms with van der Waals surface area (Å²) in [7, 11) is 0. The predicted octanol–water partition coefficient (Wildman–Crippen LogP) is 2.23. The fourth-order valence-electron chi connectivity index (χ4n) is 1.60. The Morgan fingerprint density at radius 3 is 2.21 bits per heavy atom. The molecule has 1 saturated carbocycles. The zero-order valence-corrected chi connectivity index (χ0v) is 8.02. The summed E-state index contributed by atoms with van der Waals surface area (Å²) in [6, 6.07) is 0.206. The van der Waals surface area contributed by atoms with Crippen LogP contribution in [0.4, 0.5) is 13.2 Å². The molecule has 0 amide bonds. The van der Waals surface area contributed by atoms with Gasteiger partial charge < -0.3 is 10.5 Å². The van der Waals surface area contributed by atoms with Crippen molar-refractivity contribution in [2.75, 3.05) is 6.61 Å². The number of hydrogen-bond donors (Lipinski definition) is 1. The van der Waals surface area contributed by atoms with E-state index in [-0.39, 0.29) is 18.8 Å². The number of hydrogen-bond acceptors (Lipinski definition) is 2. The lowest BCUT2D eigenvalue weighted by Crippen LogP contribution is -2.30. The van der Waals surface area contributed by atoms with E-state index in [0.29, 0.717) is 0 Å². The van der Waals surface area contributed by atoms with Crippen molar-refractivity contribution in [3.63, 3.8) is 0 Å². The van der Waals surface area contributed by atoms with Gasteiger partial charge in [-0.3, -0.25) is 0 Å². The monoisotopic (exact) mass is 211 g/mol. The Balaban J connectivity index is 2.08. The molecule has 0 saturated heterocycles. The lowest BCUT2D eigenvalue weighted by Gasteiger charge is -2.26. The molecule has 0 aromatic rings. The molecule has 0 bridgehead atoms. The summed E-state index contributed by atoms with van der Waals surface area (Å²) >= 11 is 0. The molecule has 14 heavy (non-hydrogen) atoms. The summed E-state index contributed by atoms with van der Waals surface area (Å²) in [6.07, 6.45) is -1.68. The first-order valence-corrected chi connectivity index (χ1v) is 4.91. The van der Waals surface area contributed by atoms with Crippen LogP contribution in [0.25, 0.3) is 0 Å². The fourth-order valence-corrected chi connectivity index (χ4v) is 1.60. The highest BCUT2D eigenvalue weighted by atomic mass is 19.4. The molecule has 1 aliphatic rings. The first-order chi connectivity index (χ1) is 6.47. The molecule has 0 spiro atoms. The van der Waals surface area contributed by atoms with E-state index in [0.717, 1.165) is 25.7 Å². The summed E-state index contributed by atoms with van der Waals surface area (Å²) in [4.78, 5) is 0. The molecule has 0 aromatic carbocycles. The van der Waals surface area contributed by atoms with Gasteiger partial charge in [0.15, 0.2) is 0 Å². The van der Waals surface area contributed by atoms with Gasteiger partial charge in [-0.05, 0) is 25.7 Å². The van der Waals surface area contributed by atoms with Crippen molar-refractivity contribution in [2.24, 2.45) is 5.73 Å². The molecular weight excluding hydrogens is 195 g/mol. The Morgan fingerprint density at radius 2 is 1.71 bits per heavy atom. The first kappa shape index (κ1) is 11.8. The summed E-state index contributed by atoms with van der Waals surface area (Å²) in [6.45, 7) is -0.219. The third kappa shape index (κ3) is 4.81. The van der Waals surface area contributed by atoms with Gasteiger partial charge in [0.25, 0.3) is 0 Å². The van der Waals surface area contributed by atoms with E-state index in [1.165, 1.54) is 0 Å². The van der Waals surface area contributed by atoms with Gasteiger partial charge in [-0.2, -0.15) is 13.2 Å². The second kappa shape index (κ2) is 4.98. The van der Waals surface area contributed by atoms with Crippen molar-refractivity contribution in [1.82, 2.24) is 0 Å². The van der Waals surface area contributed by atoms with Crippen molar-refractivity contribution in [3.05, 3.63) is 0 Å². The lowest BCUT2D eigenvalue weighted by atomic mass is 9.94. The molecular formula is C9H16F3NO. The van der Waals surface area contributed by atoms with E-state index in [9.17, 15) is 13.2 Å². The second-order valence-corrected chi connectivity index (χ2v) is 3.77. The quantitative estimate of drug-likeness (QED) is 0.776. The number of alkyl halides is 3. The zero-order valence-electron chi connectivity index (χ0n) is 8.02. The van der Waals surface area contributed by atoms with E-state index in [1.807, 2.05) is 0 Å². The molecule has 0 atom stereocenters. The number of halogens is 3. The van der Waals surface area contributed by atoms with E-state index >= 15 is 0 Å². The molecule has 0 heterocycles. The largest absolute Gasteiger partial charge is 0.391 e. The minimum absolute atomic E-state index is 0.0165. The molecule has 2 N–H and O–H groups in total. The SMILES string of the molecule is NC1CCC(OCCC(F)(F)F)CC1. The topological polar surface area (TPSA) is 35.2 Å². The summed E-state index contributed by atoms with van der Waals surface area (Å²) in [5, 5.41) is 0. The van der Waals surface area contributed by atoms with E-state index < -0.39 is 12.6 Å². The summed E-state index contributed by atoms with van der Waals surface area (Å²) in [5.74, 6) is 0. The van der Waals surface area contributed by atoms with Gasteiger partial charge in [0.1, 0.15) is 0 Å². The summed E-state index contributed by atoms with van der Waals surface area (Å²) in [5.41, 5.74) is 5.66. The maximum Gasteiger partial charge on any atom is 0.391 e. The summed E-state index contributed by atoms with van der Waals surface area (Å²) < 4.78 is 40.4. The zero-order chi connectivity index (χ0) is 10.6. The highest BCUT2D eigenvalue weighted by Crippen LogP contribution is 2.23. The standard InChI is InChI=1S/C9H16F3NO/c10-9(11,12)5-6-14-8-3-1-7(13)2-4-8/h7-8H,1-6,13H2. The average molecular weight is 211 g/mol. The van der Waals surface area contributed by atoms with Crippen molar-refractivity contribution >= 4 is 0 Å². The van der Waals surface area contributed by atoms with Gasteiger partial charge in [0.2, 0.25) is 0 Å². The Labute approximate surface area is 81.6 Å². The molecule has 2 nitrogen and oxygen atoms in total. The van der Waals surface area contributed by atoms with Crippen LogP contribution in [0.5, 0.6) is 0 Å². The molecule has 84 valence electrons. The smallest absolute Gasteiger partial charge is 0.378 e. The third-order valence-electron chi connectivity index (χ3n) is 2.46. The molecule has 1 fully saturated rings. The van der Waals surface area contributed by atoms with Gasteiger partial charge in [-0.15, -0.1) is 0 Å². The van der Waals surface area contributed by atoms with Crippen LogP contribution < -0.4 is 5.73 Å². The normalized spacial score (nSPS) is 29.1. The van der Waals surface area contributed by atoms with Crippen molar-refractivity contribution in [3.8, 4) is 0 Å². The van der Waals surface area contributed by atoms with Gasteiger partial charge in [-0.25, -0.2) is 0 Å². The van der Waals surface area contributed by atoms with Crippen LogP contribution in [0.15, 0.2) is 0 Å². The molecule has 0 aromatic heterocycles. The van der Waals surface area contributed by atoms with Crippen molar-refractivity contribution in [2.45, 2.75) is 50.4 Å². The molecule has 1 aliphatic carbocycles. The molecule has 0 radical (unpaired) electrons. The second-order valence-electron chi connectivity index (χ2n) is 3.77. The Bertz CT molecular complexity index is 164. The maximum absolute atomic E-state index is 11.8. The first-order valence-electron chi connectivity index (χ1n) is 4.91. The molecule has 0 unspecified atom stereocenters. The molecule has 5 heteroatoms. The fraction of sp³-hybridized carbons (Fsp3) is 1.00. The predicted molar refractivity (Wildman–Crippen MR) is 46.9 cm³/mol. The van der Waals surface area contributed by atoms with Crippen LogP contribution in [0.1, 0.15) is 32.1 Å².